The molecule has 1 N–H and O–H groups in total. The molecular weight excluding hydrogens is 162 g/mol. The van der Waals surface area contributed by atoms with Crippen molar-refractivity contribution in [1.82, 2.24) is 0 Å². The number of carbonyl (C=O) groups is 1. The van der Waals surface area contributed by atoms with Crippen molar-refractivity contribution in [2.24, 2.45) is 0 Å². The first-order valence-electron chi connectivity index (χ1n) is 4.57. The molecule has 0 saturated heterocycles. The van der Waals surface area contributed by atoms with Gasteiger partial charge < -0.3 is 5.32 Å². The number of hydrogen-bond acceptors (Lipinski definition) is 1. The van der Waals surface area contributed by atoms with Crippen LogP contribution in [0, 0.1) is 13.8 Å². The van der Waals surface area contributed by atoms with Gasteiger partial charge in [0.05, 0.1) is 0 Å². The van der Waals surface area contributed by atoms with Crippen molar-refractivity contribution in [3.63, 3.8) is 0 Å². The third-order valence-corrected chi connectivity index (χ3v) is 2.62. The molecule has 68 valence electrons. The smallest absolute Gasteiger partial charge is 0.224 e. The minimum absolute atomic E-state index is 0.135. The largest absolute Gasteiger partial charge is 0.326 e. The molecule has 13 heavy (non-hydrogen) atoms. The van der Waals surface area contributed by atoms with Crippen LogP contribution in [0.25, 0.3) is 0 Å². The minimum atomic E-state index is 0.135. The Balaban J connectivity index is 2.49. The van der Waals surface area contributed by atoms with Gasteiger partial charge in [-0.1, -0.05) is 6.07 Å². The summed E-state index contributed by atoms with van der Waals surface area (Å²) in [7, 11) is 0. The Morgan fingerprint density at radius 1 is 1.15 bits per heavy atom. The molecule has 0 spiro atoms. The predicted octanol–water partition coefficient (Wildman–Crippen LogP) is 2.19. The molecule has 2 rings (SSSR count). The molecule has 0 aromatic heterocycles. The summed E-state index contributed by atoms with van der Waals surface area (Å²) in [5.41, 5.74) is 4.80. The Labute approximate surface area is 78.0 Å². The summed E-state index contributed by atoms with van der Waals surface area (Å²) in [6, 6.07) is 4.23. The fourth-order valence-electron chi connectivity index (χ4n) is 1.66. The molecule has 0 atom stereocenters. The van der Waals surface area contributed by atoms with Gasteiger partial charge in [0, 0.05) is 12.1 Å². The third-order valence-electron chi connectivity index (χ3n) is 2.62. The molecule has 1 aliphatic rings. The van der Waals surface area contributed by atoms with Crippen LogP contribution < -0.4 is 5.32 Å². The second-order valence-corrected chi connectivity index (χ2v) is 3.64. The van der Waals surface area contributed by atoms with Crippen LogP contribution in [0.15, 0.2) is 12.1 Å². The number of nitrogens with one attached hydrogen (secondary N) is 1. The molecular formula is C11H13NO. The normalized spacial score (nSPS) is 15.1. The van der Waals surface area contributed by atoms with Gasteiger partial charge >= 0.3 is 0 Å². The number of anilines is 1. The highest BCUT2D eigenvalue weighted by Gasteiger charge is 2.14. The number of carbonyl (C=O) groups excluding carboxylic acids is 1. The quantitative estimate of drug-likeness (QED) is 0.643. The van der Waals surface area contributed by atoms with Crippen molar-refractivity contribution in [1.29, 1.82) is 0 Å². The maximum absolute atomic E-state index is 11.1. The predicted molar refractivity (Wildman–Crippen MR) is 52.9 cm³/mol. The van der Waals surface area contributed by atoms with Crippen LogP contribution in [0.2, 0.25) is 0 Å². The average molecular weight is 175 g/mol. The molecule has 0 radical (unpaired) electrons. The van der Waals surface area contributed by atoms with Gasteiger partial charge in [-0.15, -0.1) is 0 Å². The zero-order valence-electron chi connectivity index (χ0n) is 7.98. The van der Waals surface area contributed by atoms with E-state index in [1.165, 1.54) is 16.7 Å². The highest BCUT2D eigenvalue weighted by atomic mass is 16.1. The summed E-state index contributed by atoms with van der Waals surface area (Å²) in [6.07, 6.45) is 1.50. The molecule has 2 nitrogen and oxygen atoms in total. The average Bonchev–Trinajstić information content (AvgIpc) is 2.08. The van der Waals surface area contributed by atoms with Gasteiger partial charge in [-0.25, -0.2) is 0 Å². The van der Waals surface area contributed by atoms with E-state index in [-0.39, 0.29) is 5.91 Å². The van der Waals surface area contributed by atoms with Gasteiger partial charge in [0.2, 0.25) is 5.91 Å². The van der Waals surface area contributed by atoms with E-state index >= 15 is 0 Å². The Bertz CT molecular complexity index is 369. The van der Waals surface area contributed by atoms with Crippen LogP contribution in [-0.2, 0) is 11.2 Å². The Kier molecular flexibility index (Phi) is 1.83. The van der Waals surface area contributed by atoms with E-state index in [2.05, 4.69) is 31.3 Å². The molecule has 1 heterocycles. The van der Waals surface area contributed by atoms with Crippen LogP contribution in [0.3, 0.4) is 0 Å². The second kappa shape index (κ2) is 2.87. The summed E-state index contributed by atoms with van der Waals surface area (Å²) in [4.78, 5) is 11.1. The maximum Gasteiger partial charge on any atom is 0.224 e. The molecule has 0 unspecified atom stereocenters. The fraction of sp³-hybridized carbons (Fsp3) is 0.364. The van der Waals surface area contributed by atoms with Gasteiger partial charge in [-0.05, 0) is 43.0 Å². The van der Waals surface area contributed by atoms with E-state index in [9.17, 15) is 4.79 Å². The number of hydrogen-bond donors (Lipinski definition) is 1. The number of rotatable bonds is 0. The van der Waals surface area contributed by atoms with Crippen LogP contribution >= 0.6 is 0 Å². The lowest BCUT2D eigenvalue weighted by Crippen LogP contribution is -2.19. The molecule has 0 bridgehead atoms. The van der Waals surface area contributed by atoms with Gasteiger partial charge in [0.15, 0.2) is 0 Å². The fourth-order valence-corrected chi connectivity index (χ4v) is 1.66. The van der Waals surface area contributed by atoms with Gasteiger partial charge in [-0.3, -0.25) is 4.79 Å². The van der Waals surface area contributed by atoms with Gasteiger partial charge in [-0.2, -0.15) is 0 Å². The van der Waals surface area contributed by atoms with Crippen LogP contribution in [0.5, 0.6) is 0 Å². The molecule has 0 saturated carbocycles. The standard InChI is InChI=1S/C11H13NO/c1-7-5-9-3-4-11(13)12-10(9)6-8(7)2/h5-6H,3-4H2,1-2H3,(H,12,13). The van der Waals surface area contributed by atoms with E-state index in [4.69, 9.17) is 0 Å². The summed E-state index contributed by atoms with van der Waals surface area (Å²) < 4.78 is 0. The third kappa shape index (κ3) is 1.44. The summed E-state index contributed by atoms with van der Waals surface area (Å²) in [5.74, 6) is 0.135. The van der Waals surface area contributed by atoms with E-state index < -0.39 is 0 Å². The molecule has 0 aliphatic carbocycles. The van der Waals surface area contributed by atoms with E-state index in [1.807, 2.05) is 0 Å². The zero-order valence-corrected chi connectivity index (χ0v) is 7.98. The Morgan fingerprint density at radius 3 is 2.62 bits per heavy atom. The first-order chi connectivity index (χ1) is 6.16. The zero-order chi connectivity index (χ0) is 9.42. The molecule has 2 heteroatoms. The van der Waals surface area contributed by atoms with Crippen molar-refractivity contribution >= 4 is 11.6 Å². The second-order valence-electron chi connectivity index (χ2n) is 3.64. The molecule has 1 aliphatic heterocycles. The lowest BCUT2D eigenvalue weighted by molar-refractivity contribution is -0.116. The van der Waals surface area contributed by atoms with Gasteiger partial charge in [0.25, 0.3) is 0 Å². The highest BCUT2D eigenvalue weighted by molar-refractivity contribution is 5.94. The topological polar surface area (TPSA) is 29.1 Å². The lowest BCUT2D eigenvalue weighted by Gasteiger charge is -2.18. The van der Waals surface area contributed by atoms with E-state index in [1.54, 1.807) is 0 Å². The molecule has 1 amide bonds. The van der Waals surface area contributed by atoms with E-state index in [0.717, 1.165) is 12.1 Å². The number of amides is 1. The van der Waals surface area contributed by atoms with Crippen LogP contribution in [0.4, 0.5) is 5.69 Å². The van der Waals surface area contributed by atoms with Crippen molar-refractivity contribution < 1.29 is 4.79 Å². The lowest BCUT2D eigenvalue weighted by atomic mass is 9.98. The summed E-state index contributed by atoms with van der Waals surface area (Å²) >= 11 is 0. The van der Waals surface area contributed by atoms with Gasteiger partial charge in [0.1, 0.15) is 0 Å². The summed E-state index contributed by atoms with van der Waals surface area (Å²) in [5, 5.41) is 2.89. The first kappa shape index (κ1) is 8.30. The van der Waals surface area contributed by atoms with Crippen LogP contribution in [-0.4, -0.2) is 5.91 Å². The highest BCUT2D eigenvalue weighted by Crippen LogP contribution is 2.25. The molecule has 1 aromatic carbocycles. The minimum Gasteiger partial charge on any atom is -0.326 e. The van der Waals surface area contributed by atoms with Crippen molar-refractivity contribution in [3.8, 4) is 0 Å². The first-order valence-corrected chi connectivity index (χ1v) is 4.57. The number of aryl methyl sites for hydroxylation is 3. The Hall–Kier alpha value is -1.31. The molecule has 1 aromatic rings. The Morgan fingerprint density at radius 2 is 1.85 bits per heavy atom. The van der Waals surface area contributed by atoms with Crippen molar-refractivity contribution in [2.45, 2.75) is 26.7 Å². The monoisotopic (exact) mass is 175 g/mol. The maximum atomic E-state index is 11.1. The van der Waals surface area contributed by atoms with Crippen LogP contribution in [0.1, 0.15) is 23.1 Å². The number of benzene rings is 1. The summed E-state index contributed by atoms with van der Waals surface area (Å²) in [6.45, 7) is 4.17. The van der Waals surface area contributed by atoms with Crippen molar-refractivity contribution in [3.05, 3.63) is 28.8 Å². The molecule has 0 fully saturated rings. The van der Waals surface area contributed by atoms with E-state index in [0.29, 0.717) is 6.42 Å². The van der Waals surface area contributed by atoms with Crippen molar-refractivity contribution in [2.75, 3.05) is 5.32 Å². The number of fused-ring (bicyclic) bond motifs is 1. The SMILES string of the molecule is Cc1cc2c(cc1C)NC(=O)CC2.